The zero-order valence-electron chi connectivity index (χ0n) is 8.27. The highest BCUT2D eigenvalue weighted by molar-refractivity contribution is 5.30. The Morgan fingerprint density at radius 2 is 1.79 bits per heavy atom. The molecule has 0 amide bonds. The molecule has 0 fully saturated rings. The fourth-order valence-corrected chi connectivity index (χ4v) is 1.40. The predicted octanol–water partition coefficient (Wildman–Crippen LogP) is 1.73. The van der Waals surface area contributed by atoms with Gasteiger partial charge in [0.15, 0.2) is 0 Å². The van der Waals surface area contributed by atoms with Crippen LogP contribution in [0.2, 0.25) is 0 Å². The highest BCUT2D eigenvalue weighted by atomic mass is 16.5. The van der Waals surface area contributed by atoms with Crippen LogP contribution >= 0.6 is 0 Å². The molecule has 0 saturated carbocycles. The third kappa shape index (κ3) is 1.27. The number of benzene rings is 1. The standard InChI is InChI=1S/C11H12N2O/c1-9-8-12(13(14)10(9)2)11-6-4-3-5-7-11/h3-8H,1-2H3. The Morgan fingerprint density at radius 1 is 1.14 bits per heavy atom. The van der Waals surface area contributed by atoms with Crippen LogP contribution in [0.25, 0.3) is 5.69 Å². The lowest BCUT2D eigenvalue weighted by molar-refractivity contribution is -0.689. The molecule has 0 N–H and O–H groups in total. The van der Waals surface area contributed by atoms with Crippen molar-refractivity contribution < 1.29 is 4.85 Å². The molecule has 1 heterocycles. The lowest BCUT2D eigenvalue weighted by Gasteiger charge is -2.02. The minimum atomic E-state index is 0.744. The summed E-state index contributed by atoms with van der Waals surface area (Å²) in [6.07, 6.45) is 1.84. The highest BCUT2D eigenvalue weighted by Gasteiger charge is 2.12. The molecule has 0 bridgehead atoms. The number of rotatable bonds is 1. The molecule has 0 saturated heterocycles. The minimum absolute atomic E-state index is 0.744. The molecule has 1 aromatic heterocycles. The first-order chi connectivity index (χ1) is 6.70. The molecule has 0 aliphatic rings. The van der Waals surface area contributed by atoms with Crippen LogP contribution in [-0.4, -0.2) is 4.68 Å². The van der Waals surface area contributed by atoms with Crippen molar-refractivity contribution in [2.24, 2.45) is 0 Å². The van der Waals surface area contributed by atoms with Gasteiger partial charge in [0.1, 0.15) is 5.69 Å². The Bertz CT molecular complexity index is 446. The fraction of sp³-hybridized carbons (Fsp3) is 0.182. The topological polar surface area (TPSA) is 31.9 Å². The van der Waals surface area contributed by atoms with E-state index < -0.39 is 0 Å². The first-order valence-electron chi connectivity index (χ1n) is 4.54. The van der Waals surface area contributed by atoms with Gasteiger partial charge in [-0.25, -0.2) is 0 Å². The van der Waals surface area contributed by atoms with Gasteiger partial charge in [-0.1, -0.05) is 23.0 Å². The SMILES string of the molecule is Cc1cn(-c2ccccc2)[n+]([O-])c1C. The van der Waals surface area contributed by atoms with Gasteiger partial charge in [-0.2, -0.15) is 0 Å². The zero-order chi connectivity index (χ0) is 10.1. The maximum absolute atomic E-state index is 11.7. The molecule has 0 aliphatic carbocycles. The lowest BCUT2D eigenvalue weighted by atomic mass is 10.3. The first-order valence-corrected chi connectivity index (χ1v) is 4.54. The molecule has 0 atom stereocenters. The smallest absolute Gasteiger partial charge is 0.221 e. The summed E-state index contributed by atoms with van der Waals surface area (Å²) in [6, 6.07) is 9.59. The maximum Gasteiger partial charge on any atom is 0.221 e. The van der Waals surface area contributed by atoms with Gasteiger partial charge >= 0.3 is 0 Å². The van der Waals surface area contributed by atoms with Gasteiger partial charge in [-0.3, -0.25) is 0 Å². The second kappa shape index (κ2) is 3.18. The molecule has 72 valence electrons. The van der Waals surface area contributed by atoms with Crippen LogP contribution < -0.4 is 4.85 Å². The molecule has 2 rings (SSSR count). The van der Waals surface area contributed by atoms with E-state index in [2.05, 4.69) is 0 Å². The van der Waals surface area contributed by atoms with Crippen LogP contribution in [0.3, 0.4) is 0 Å². The molecular weight excluding hydrogens is 176 g/mol. The van der Waals surface area contributed by atoms with E-state index in [9.17, 15) is 5.21 Å². The average molecular weight is 188 g/mol. The van der Waals surface area contributed by atoms with E-state index in [1.165, 1.54) is 0 Å². The Kier molecular flexibility index (Phi) is 2.00. The van der Waals surface area contributed by atoms with Crippen molar-refractivity contribution in [3.8, 4) is 5.69 Å². The van der Waals surface area contributed by atoms with Gasteiger partial charge in [0.2, 0.25) is 5.69 Å². The van der Waals surface area contributed by atoms with Gasteiger partial charge in [0.25, 0.3) is 0 Å². The Hall–Kier alpha value is -1.77. The number of para-hydroxylation sites is 1. The molecule has 0 unspecified atom stereocenters. The van der Waals surface area contributed by atoms with E-state index in [1.54, 1.807) is 4.68 Å². The molecule has 0 radical (unpaired) electrons. The van der Waals surface area contributed by atoms with Crippen LogP contribution in [0.5, 0.6) is 0 Å². The molecule has 14 heavy (non-hydrogen) atoms. The molecular formula is C11H12N2O. The fourth-order valence-electron chi connectivity index (χ4n) is 1.40. The van der Waals surface area contributed by atoms with Crippen LogP contribution in [0.4, 0.5) is 0 Å². The van der Waals surface area contributed by atoms with Crippen molar-refractivity contribution >= 4 is 0 Å². The van der Waals surface area contributed by atoms with Crippen molar-refractivity contribution in [2.45, 2.75) is 13.8 Å². The van der Waals surface area contributed by atoms with Gasteiger partial charge in [0, 0.05) is 12.5 Å². The van der Waals surface area contributed by atoms with Gasteiger partial charge in [-0.15, -0.1) is 4.68 Å². The maximum atomic E-state index is 11.7. The second-order valence-corrected chi connectivity index (χ2v) is 3.35. The molecule has 0 aliphatic heterocycles. The average Bonchev–Trinajstić information content (AvgIpc) is 2.47. The summed E-state index contributed by atoms with van der Waals surface area (Å²) in [5, 5.41) is 11.7. The predicted molar refractivity (Wildman–Crippen MR) is 54.2 cm³/mol. The second-order valence-electron chi connectivity index (χ2n) is 3.35. The first kappa shape index (κ1) is 8.81. The molecule has 0 spiro atoms. The zero-order valence-corrected chi connectivity index (χ0v) is 8.27. The van der Waals surface area contributed by atoms with Crippen molar-refractivity contribution in [3.05, 3.63) is 53.0 Å². The third-order valence-corrected chi connectivity index (χ3v) is 2.39. The summed E-state index contributed by atoms with van der Waals surface area (Å²) in [4.78, 5) is 0.907. The van der Waals surface area contributed by atoms with Crippen LogP contribution in [0.15, 0.2) is 36.5 Å². The number of aryl methyl sites for hydroxylation is 1. The molecule has 3 heteroatoms. The van der Waals surface area contributed by atoms with Gasteiger partial charge in [-0.05, 0) is 19.1 Å². The minimum Gasteiger partial charge on any atom is -0.595 e. The van der Waals surface area contributed by atoms with E-state index in [-0.39, 0.29) is 0 Å². The lowest BCUT2D eigenvalue weighted by Crippen LogP contribution is -2.38. The van der Waals surface area contributed by atoms with Crippen LogP contribution in [0.1, 0.15) is 11.3 Å². The van der Waals surface area contributed by atoms with E-state index in [0.29, 0.717) is 0 Å². The third-order valence-electron chi connectivity index (χ3n) is 2.39. The Morgan fingerprint density at radius 3 is 2.29 bits per heavy atom. The number of hydrogen-bond donors (Lipinski definition) is 0. The number of hydrogen-bond acceptors (Lipinski definition) is 1. The highest BCUT2D eigenvalue weighted by Crippen LogP contribution is 2.08. The number of nitrogens with zero attached hydrogens (tertiary/aromatic N) is 2. The van der Waals surface area contributed by atoms with Crippen molar-refractivity contribution in [3.63, 3.8) is 0 Å². The van der Waals surface area contributed by atoms with Crippen LogP contribution in [0, 0.1) is 19.1 Å². The summed E-state index contributed by atoms with van der Waals surface area (Å²) in [7, 11) is 0. The van der Waals surface area contributed by atoms with Gasteiger partial charge in [0.05, 0.1) is 6.20 Å². The summed E-state index contributed by atoms with van der Waals surface area (Å²) >= 11 is 0. The summed E-state index contributed by atoms with van der Waals surface area (Å²) in [5.41, 5.74) is 2.64. The van der Waals surface area contributed by atoms with Crippen molar-refractivity contribution in [1.29, 1.82) is 0 Å². The van der Waals surface area contributed by atoms with Crippen molar-refractivity contribution in [2.75, 3.05) is 0 Å². The summed E-state index contributed by atoms with van der Waals surface area (Å²) in [5.74, 6) is 0. The summed E-state index contributed by atoms with van der Waals surface area (Å²) < 4.78 is 1.60. The van der Waals surface area contributed by atoms with E-state index in [0.717, 1.165) is 21.8 Å². The normalized spacial score (nSPS) is 10.4. The van der Waals surface area contributed by atoms with Crippen LogP contribution in [-0.2, 0) is 0 Å². The molecule has 3 nitrogen and oxygen atoms in total. The van der Waals surface area contributed by atoms with Crippen molar-refractivity contribution in [1.82, 2.24) is 4.68 Å². The summed E-state index contributed by atoms with van der Waals surface area (Å²) in [6.45, 7) is 3.75. The van der Waals surface area contributed by atoms with E-state index in [4.69, 9.17) is 0 Å². The van der Waals surface area contributed by atoms with E-state index in [1.807, 2.05) is 50.4 Å². The Labute approximate surface area is 82.8 Å². The largest absolute Gasteiger partial charge is 0.595 e. The monoisotopic (exact) mass is 188 g/mol. The molecule has 2 aromatic rings. The molecule has 1 aromatic carbocycles. The Balaban J connectivity index is 2.58. The quantitative estimate of drug-likeness (QED) is 0.495. The number of aromatic nitrogens is 2. The van der Waals surface area contributed by atoms with E-state index >= 15 is 0 Å². The van der Waals surface area contributed by atoms with Gasteiger partial charge < -0.3 is 5.21 Å².